The molecule has 7 nitrogen and oxygen atoms in total. The smallest absolute Gasteiger partial charge is 0.161 e. The number of benzene rings is 2. The maximum Gasteiger partial charge on any atom is 0.161 e. The number of phenolic OH excluding ortho intramolecular Hbond substituents is 2. The number of ether oxygens (including phenoxy) is 3. The highest BCUT2D eigenvalue weighted by molar-refractivity contribution is 5.85. The van der Waals surface area contributed by atoms with Crippen molar-refractivity contribution in [3.8, 4) is 28.7 Å². The van der Waals surface area contributed by atoms with Gasteiger partial charge in [0.1, 0.15) is 18.5 Å². The average Bonchev–Trinajstić information content (AvgIpc) is 2.78. The molecule has 1 unspecified atom stereocenters. The molecule has 0 aromatic heterocycles. The first-order chi connectivity index (χ1) is 14.5. The van der Waals surface area contributed by atoms with Gasteiger partial charge < -0.3 is 34.8 Å². The molecule has 0 fully saturated rings. The number of hydrogen-bond acceptors (Lipinski definition) is 7. The molecule has 0 spiro atoms. The summed E-state index contributed by atoms with van der Waals surface area (Å²) in [5, 5.41) is 33.5. The first-order valence-corrected chi connectivity index (χ1v) is 10.3. The second-order valence-corrected chi connectivity index (χ2v) is 7.51. The van der Waals surface area contributed by atoms with Crippen LogP contribution in [0.2, 0.25) is 0 Å². The van der Waals surface area contributed by atoms with Crippen LogP contribution in [-0.2, 0) is 19.3 Å². The van der Waals surface area contributed by atoms with Crippen LogP contribution in [0.4, 0.5) is 0 Å². The molecule has 1 aliphatic carbocycles. The summed E-state index contributed by atoms with van der Waals surface area (Å²) in [4.78, 5) is 0. The van der Waals surface area contributed by atoms with E-state index in [9.17, 15) is 15.3 Å². The highest BCUT2D eigenvalue weighted by Gasteiger charge is 2.21. The van der Waals surface area contributed by atoms with Gasteiger partial charge in [-0.1, -0.05) is 6.07 Å². The first kappa shape index (κ1) is 24.9. The molecular weight excluding hydrogens is 422 g/mol. The summed E-state index contributed by atoms with van der Waals surface area (Å²) >= 11 is 0. The largest absolute Gasteiger partial charge is 0.504 e. The molecule has 2 aromatic rings. The molecule has 0 aliphatic heterocycles. The van der Waals surface area contributed by atoms with Gasteiger partial charge in [-0.25, -0.2) is 0 Å². The number of fused-ring (bicyclic) bond motifs is 1. The van der Waals surface area contributed by atoms with Gasteiger partial charge >= 0.3 is 0 Å². The highest BCUT2D eigenvalue weighted by Crippen LogP contribution is 2.41. The standard InChI is InChI=1S/C23H31NO6.ClH/c1-28-20-8-7-15(11-22(20)29-2)9-10-24-13-16(25)14-30-21-12-19(26)23(27)18-6-4-3-5-17(18)21;/h7-8,11-12,16,24-27H,3-6,9-10,13-14H2,1-2H3;1H. The summed E-state index contributed by atoms with van der Waals surface area (Å²) in [6, 6.07) is 7.25. The zero-order chi connectivity index (χ0) is 21.5. The van der Waals surface area contributed by atoms with Crippen LogP contribution in [0.1, 0.15) is 29.5 Å². The van der Waals surface area contributed by atoms with E-state index in [1.165, 1.54) is 6.07 Å². The van der Waals surface area contributed by atoms with Crippen molar-refractivity contribution in [2.75, 3.05) is 33.9 Å². The van der Waals surface area contributed by atoms with Gasteiger partial charge in [-0.3, -0.25) is 0 Å². The monoisotopic (exact) mass is 453 g/mol. The van der Waals surface area contributed by atoms with Crippen LogP contribution >= 0.6 is 12.4 Å². The predicted octanol–water partition coefficient (Wildman–Crippen LogP) is 2.99. The predicted molar refractivity (Wildman–Crippen MR) is 121 cm³/mol. The molecule has 31 heavy (non-hydrogen) atoms. The Morgan fingerprint density at radius 3 is 2.39 bits per heavy atom. The lowest BCUT2D eigenvalue weighted by Gasteiger charge is -2.22. The van der Waals surface area contributed by atoms with Crippen LogP contribution in [0.25, 0.3) is 0 Å². The molecule has 172 valence electrons. The topological polar surface area (TPSA) is 100 Å². The molecule has 0 bridgehead atoms. The molecule has 0 saturated carbocycles. The summed E-state index contributed by atoms with van der Waals surface area (Å²) in [5.41, 5.74) is 2.81. The summed E-state index contributed by atoms with van der Waals surface area (Å²) in [5.74, 6) is 1.72. The van der Waals surface area contributed by atoms with E-state index in [0.29, 0.717) is 30.3 Å². The minimum Gasteiger partial charge on any atom is -0.504 e. The van der Waals surface area contributed by atoms with E-state index in [1.54, 1.807) is 14.2 Å². The second kappa shape index (κ2) is 11.9. The van der Waals surface area contributed by atoms with E-state index < -0.39 is 6.10 Å². The Labute approximate surface area is 189 Å². The maximum atomic E-state index is 10.3. The van der Waals surface area contributed by atoms with E-state index in [-0.39, 0.29) is 30.5 Å². The third-order valence-electron chi connectivity index (χ3n) is 5.41. The molecule has 3 rings (SSSR count). The highest BCUT2D eigenvalue weighted by atomic mass is 35.5. The molecular formula is C23H32ClNO6. The number of aliphatic hydroxyl groups excluding tert-OH is 1. The Balaban J connectivity index is 0.00000341. The number of halogens is 1. The fourth-order valence-corrected chi connectivity index (χ4v) is 3.78. The molecule has 0 amide bonds. The molecule has 1 atom stereocenters. The van der Waals surface area contributed by atoms with Crippen molar-refractivity contribution < 1.29 is 29.5 Å². The molecule has 1 aliphatic rings. The van der Waals surface area contributed by atoms with Gasteiger partial charge in [0.25, 0.3) is 0 Å². The quantitative estimate of drug-likeness (QED) is 0.324. The molecule has 4 N–H and O–H groups in total. The van der Waals surface area contributed by atoms with Gasteiger partial charge in [0.2, 0.25) is 0 Å². The lowest BCUT2D eigenvalue weighted by molar-refractivity contribution is 0.106. The number of aromatic hydroxyl groups is 2. The van der Waals surface area contributed by atoms with Gasteiger partial charge in [-0.2, -0.15) is 0 Å². The van der Waals surface area contributed by atoms with Crippen LogP contribution in [0, 0.1) is 0 Å². The van der Waals surface area contributed by atoms with Crippen molar-refractivity contribution in [2.45, 2.75) is 38.2 Å². The molecule has 0 saturated heterocycles. The lowest BCUT2D eigenvalue weighted by atomic mass is 9.90. The van der Waals surface area contributed by atoms with Gasteiger partial charge in [0.15, 0.2) is 23.0 Å². The van der Waals surface area contributed by atoms with Gasteiger partial charge in [-0.15, -0.1) is 12.4 Å². The molecule has 0 radical (unpaired) electrons. The van der Waals surface area contributed by atoms with Crippen LogP contribution in [0.3, 0.4) is 0 Å². The van der Waals surface area contributed by atoms with E-state index in [2.05, 4.69) is 5.32 Å². The van der Waals surface area contributed by atoms with Crippen LogP contribution < -0.4 is 19.5 Å². The average molecular weight is 454 g/mol. The van der Waals surface area contributed by atoms with E-state index in [4.69, 9.17) is 14.2 Å². The first-order valence-electron chi connectivity index (χ1n) is 10.3. The van der Waals surface area contributed by atoms with Crippen molar-refractivity contribution in [3.05, 3.63) is 41.0 Å². The lowest BCUT2D eigenvalue weighted by Crippen LogP contribution is -2.32. The van der Waals surface area contributed by atoms with Gasteiger partial charge in [0, 0.05) is 23.7 Å². The number of phenols is 2. The van der Waals surface area contributed by atoms with Crippen molar-refractivity contribution in [1.29, 1.82) is 0 Å². The SMILES string of the molecule is COc1ccc(CCNCC(O)COc2cc(O)c(O)c3c2CCCC3)cc1OC.Cl. The van der Waals surface area contributed by atoms with Crippen LogP contribution in [-0.4, -0.2) is 55.3 Å². The third-order valence-corrected chi connectivity index (χ3v) is 5.41. The van der Waals surface area contributed by atoms with Crippen molar-refractivity contribution >= 4 is 12.4 Å². The van der Waals surface area contributed by atoms with E-state index in [0.717, 1.165) is 48.8 Å². The number of aliphatic hydroxyl groups is 1. The fraction of sp³-hybridized carbons (Fsp3) is 0.478. The Morgan fingerprint density at radius 2 is 1.68 bits per heavy atom. The minimum absolute atomic E-state index is 0. The van der Waals surface area contributed by atoms with Crippen LogP contribution in [0.5, 0.6) is 28.7 Å². The molecule has 8 heteroatoms. The minimum atomic E-state index is -0.689. The second-order valence-electron chi connectivity index (χ2n) is 7.51. The summed E-state index contributed by atoms with van der Waals surface area (Å²) < 4.78 is 16.3. The fourth-order valence-electron chi connectivity index (χ4n) is 3.78. The van der Waals surface area contributed by atoms with Gasteiger partial charge in [-0.05, 0) is 56.3 Å². The van der Waals surface area contributed by atoms with E-state index >= 15 is 0 Å². The van der Waals surface area contributed by atoms with Crippen molar-refractivity contribution in [3.63, 3.8) is 0 Å². The zero-order valence-corrected chi connectivity index (χ0v) is 18.8. The Kier molecular flexibility index (Phi) is 9.55. The summed E-state index contributed by atoms with van der Waals surface area (Å²) in [6.07, 6.45) is 3.63. The Morgan fingerprint density at radius 1 is 0.968 bits per heavy atom. The van der Waals surface area contributed by atoms with Crippen molar-refractivity contribution in [1.82, 2.24) is 5.32 Å². The molecule has 0 heterocycles. The number of hydrogen-bond donors (Lipinski definition) is 4. The number of methoxy groups -OCH3 is 2. The van der Waals surface area contributed by atoms with Crippen LogP contribution in [0.15, 0.2) is 24.3 Å². The van der Waals surface area contributed by atoms with E-state index in [1.807, 2.05) is 18.2 Å². The summed E-state index contributed by atoms with van der Waals surface area (Å²) in [7, 11) is 3.22. The maximum absolute atomic E-state index is 10.3. The summed E-state index contributed by atoms with van der Waals surface area (Å²) in [6.45, 7) is 1.20. The zero-order valence-electron chi connectivity index (χ0n) is 18.0. The van der Waals surface area contributed by atoms with Gasteiger partial charge in [0.05, 0.1) is 14.2 Å². The third kappa shape index (κ3) is 6.32. The number of nitrogens with one attached hydrogen (secondary N) is 1. The Bertz CT molecular complexity index is 860. The van der Waals surface area contributed by atoms with Crippen molar-refractivity contribution in [2.24, 2.45) is 0 Å². The number of rotatable bonds is 10. The Hall–Kier alpha value is -2.35. The molecule has 2 aromatic carbocycles. The normalized spacial score (nSPS) is 13.6.